The van der Waals surface area contributed by atoms with Crippen molar-refractivity contribution in [1.82, 2.24) is 0 Å². The van der Waals surface area contributed by atoms with Crippen LogP contribution in [0, 0.1) is 5.92 Å². The first-order valence-corrected chi connectivity index (χ1v) is 16.1. The largest absolute Gasteiger partial charge is 0.344 e. The van der Waals surface area contributed by atoms with Crippen molar-refractivity contribution >= 4 is 41.4 Å². The third kappa shape index (κ3) is 7.18. The van der Waals surface area contributed by atoms with Gasteiger partial charge in [-0.2, -0.15) is 0 Å². The quantitative estimate of drug-likeness (QED) is 0.216. The molecule has 0 aromatic heterocycles. The van der Waals surface area contributed by atoms with E-state index < -0.39 is 0 Å². The molecule has 36 heavy (non-hydrogen) atoms. The zero-order chi connectivity index (χ0) is 25.5. The van der Waals surface area contributed by atoms with Crippen LogP contribution in [-0.2, 0) is 0 Å². The number of nitrogens with one attached hydrogen (secondary N) is 1. The molecule has 0 spiro atoms. The second kappa shape index (κ2) is 13.2. The average molecular weight is 506 g/mol. The molecule has 2 aliphatic rings. The highest BCUT2D eigenvalue weighted by Gasteiger charge is 2.34. The van der Waals surface area contributed by atoms with Crippen LogP contribution in [0.1, 0.15) is 105 Å². The molecule has 0 aliphatic heterocycles. The maximum atomic E-state index is 5.63. The molecule has 4 rings (SSSR count). The molecule has 2 aromatic carbocycles. The van der Waals surface area contributed by atoms with E-state index in [-0.39, 0.29) is 14.0 Å². The minimum atomic E-state index is -0.188. The monoisotopic (exact) mass is 505 g/mol. The van der Waals surface area contributed by atoms with E-state index >= 15 is 0 Å². The molecular weight excluding hydrogens is 457 g/mol. The standard InChI is InChI=1S/C32H48N3P/c1-23(2)22-32(36(26-14-8-6-9-15-26)27-16-10-7-11-17-27)35-31-21-13-18-28-29(31)19-12-20-30(28)34-25(5)33-24(3)4/h12-13,18-21,23-24,26-27H,6-11,14-17,22H2,1-5H3,(H,33,34). The van der Waals surface area contributed by atoms with Crippen molar-refractivity contribution in [3.8, 4) is 0 Å². The van der Waals surface area contributed by atoms with Crippen LogP contribution in [0.5, 0.6) is 0 Å². The Morgan fingerprint density at radius 3 is 2.00 bits per heavy atom. The smallest absolute Gasteiger partial charge is 0.0978 e. The summed E-state index contributed by atoms with van der Waals surface area (Å²) in [7, 11) is -0.188. The van der Waals surface area contributed by atoms with E-state index in [1.54, 1.807) is 5.45 Å². The minimum absolute atomic E-state index is 0.188. The predicted octanol–water partition coefficient (Wildman–Crippen LogP) is 10.3. The number of hydrogen-bond donors (Lipinski definition) is 1. The van der Waals surface area contributed by atoms with Gasteiger partial charge in [0.25, 0.3) is 0 Å². The molecule has 0 unspecified atom stereocenters. The van der Waals surface area contributed by atoms with Crippen LogP contribution in [0.25, 0.3) is 10.8 Å². The van der Waals surface area contributed by atoms with Gasteiger partial charge in [-0.25, -0.2) is 0 Å². The lowest BCUT2D eigenvalue weighted by molar-refractivity contribution is 0.487. The molecule has 4 heteroatoms. The van der Waals surface area contributed by atoms with Gasteiger partial charge >= 0.3 is 0 Å². The van der Waals surface area contributed by atoms with Crippen LogP contribution >= 0.6 is 7.92 Å². The predicted molar refractivity (Wildman–Crippen MR) is 163 cm³/mol. The normalized spacial score (nSPS) is 19.1. The summed E-state index contributed by atoms with van der Waals surface area (Å²) < 4.78 is 0. The molecular formula is C32H48N3P. The van der Waals surface area contributed by atoms with Gasteiger partial charge in [-0.15, -0.1) is 0 Å². The van der Waals surface area contributed by atoms with Crippen LogP contribution < -0.4 is 5.32 Å². The summed E-state index contributed by atoms with van der Waals surface area (Å²) in [5, 5.41) is 6.05. The van der Waals surface area contributed by atoms with E-state index in [0.29, 0.717) is 5.92 Å². The van der Waals surface area contributed by atoms with Crippen molar-refractivity contribution in [3.05, 3.63) is 36.4 Å². The fourth-order valence-electron chi connectivity index (χ4n) is 6.27. The topological polar surface area (TPSA) is 36.8 Å². The van der Waals surface area contributed by atoms with Crippen molar-refractivity contribution in [3.63, 3.8) is 0 Å². The highest BCUT2D eigenvalue weighted by atomic mass is 31.1. The van der Waals surface area contributed by atoms with Gasteiger partial charge in [0.05, 0.1) is 11.5 Å². The van der Waals surface area contributed by atoms with Crippen molar-refractivity contribution in [2.75, 3.05) is 5.32 Å². The fraction of sp³-hybridized carbons (Fsp3) is 0.625. The summed E-state index contributed by atoms with van der Waals surface area (Å²) in [6, 6.07) is 13.5. The number of aliphatic imine (C=N–C) groups is 2. The van der Waals surface area contributed by atoms with Crippen molar-refractivity contribution < 1.29 is 0 Å². The third-order valence-corrected chi connectivity index (χ3v) is 11.2. The van der Waals surface area contributed by atoms with Gasteiger partial charge in [0.15, 0.2) is 0 Å². The van der Waals surface area contributed by atoms with Gasteiger partial charge in [-0.1, -0.05) is 84.6 Å². The lowest BCUT2D eigenvalue weighted by atomic mass is 9.99. The van der Waals surface area contributed by atoms with Gasteiger partial charge in [0.2, 0.25) is 0 Å². The molecule has 0 radical (unpaired) electrons. The summed E-state index contributed by atoms with van der Waals surface area (Å²) in [6.07, 6.45) is 15.4. The van der Waals surface area contributed by atoms with Crippen molar-refractivity contribution in [2.45, 2.75) is 123 Å². The van der Waals surface area contributed by atoms with Gasteiger partial charge in [0.1, 0.15) is 0 Å². The number of benzene rings is 2. The summed E-state index contributed by atoms with van der Waals surface area (Å²) in [4.78, 5) is 10.3. The van der Waals surface area contributed by atoms with E-state index in [9.17, 15) is 0 Å². The van der Waals surface area contributed by atoms with Crippen LogP contribution in [0.2, 0.25) is 0 Å². The number of anilines is 1. The molecule has 0 amide bonds. The maximum Gasteiger partial charge on any atom is 0.0978 e. The summed E-state index contributed by atoms with van der Waals surface area (Å²) >= 11 is 0. The molecule has 0 heterocycles. The third-order valence-electron chi connectivity index (χ3n) is 7.74. The SMILES string of the molecule is CC(=NC(C)C)Nc1cccc2c(N=C(CC(C)C)P(C3CCCCC3)C3CCCCC3)cccc12. The van der Waals surface area contributed by atoms with E-state index in [2.05, 4.69) is 76.3 Å². The zero-order valence-corrected chi connectivity index (χ0v) is 24.3. The highest BCUT2D eigenvalue weighted by Crippen LogP contribution is 2.58. The number of amidine groups is 1. The summed E-state index contributed by atoms with van der Waals surface area (Å²) in [5.74, 6) is 1.60. The molecule has 1 N–H and O–H groups in total. The molecule has 2 saturated carbocycles. The van der Waals surface area contributed by atoms with E-state index in [1.165, 1.54) is 75.0 Å². The Balaban J connectivity index is 1.76. The van der Waals surface area contributed by atoms with Crippen molar-refractivity contribution in [1.29, 1.82) is 0 Å². The molecule has 0 saturated heterocycles. The second-order valence-electron chi connectivity index (χ2n) is 11.7. The van der Waals surface area contributed by atoms with Gasteiger partial charge in [-0.05, 0) is 82.2 Å². The minimum Gasteiger partial charge on any atom is -0.344 e. The van der Waals surface area contributed by atoms with Crippen LogP contribution in [0.3, 0.4) is 0 Å². The van der Waals surface area contributed by atoms with Crippen LogP contribution in [-0.4, -0.2) is 28.6 Å². The average Bonchev–Trinajstić information content (AvgIpc) is 2.85. The van der Waals surface area contributed by atoms with Crippen LogP contribution in [0.15, 0.2) is 46.4 Å². The Morgan fingerprint density at radius 2 is 1.42 bits per heavy atom. The van der Waals surface area contributed by atoms with Gasteiger partial charge < -0.3 is 5.32 Å². The Kier molecular flexibility index (Phi) is 10.00. The second-order valence-corrected chi connectivity index (χ2v) is 14.5. The Hall–Kier alpha value is -1.73. The number of fused-ring (bicyclic) bond motifs is 1. The van der Waals surface area contributed by atoms with E-state index in [0.717, 1.165) is 34.9 Å². The molecule has 2 fully saturated rings. The first-order valence-electron chi connectivity index (χ1n) is 14.6. The summed E-state index contributed by atoms with van der Waals surface area (Å²) in [5.41, 5.74) is 5.61. The Bertz CT molecular complexity index is 1020. The number of nitrogens with zero attached hydrogens (tertiary/aromatic N) is 2. The van der Waals surface area contributed by atoms with Crippen molar-refractivity contribution in [2.24, 2.45) is 15.9 Å². The van der Waals surface area contributed by atoms with Crippen LogP contribution in [0.4, 0.5) is 11.4 Å². The number of hydrogen-bond acceptors (Lipinski definition) is 2. The van der Waals surface area contributed by atoms with Gasteiger partial charge in [0, 0.05) is 28.0 Å². The molecule has 0 bridgehead atoms. The maximum absolute atomic E-state index is 5.63. The molecule has 2 aromatic rings. The lowest BCUT2D eigenvalue weighted by Gasteiger charge is -2.39. The molecule has 3 nitrogen and oxygen atoms in total. The lowest BCUT2D eigenvalue weighted by Crippen LogP contribution is -2.25. The molecule has 2 aliphatic carbocycles. The first kappa shape index (κ1) is 27.3. The fourth-order valence-corrected chi connectivity index (χ4v) is 10.3. The first-order chi connectivity index (χ1) is 17.4. The molecule has 0 atom stereocenters. The summed E-state index contributed by atoms with van der Waals surface area (Å²) in [6.45, 7) is 11.1. The Labute approximate surface area is 221 Å². The highest BCUT2D eigenvalue weighted by molar-refractivity contribution is 7.76. The number of rotatable bonds is 8. The van der Waals surface area contributed by atoms with E-state index in [4.69, 9.17) is 9.98 Å². The molecule has 196 valence electrons. The Morgan fingerprint density at radius 1 is 0.833 bits per heavy atom. The van der Waals surface area contributed by atoms with E-state index in [1.807, 2.05) is 0 Å². The van der Waals surface area contributed by atoms with Gasteiger partial charge in [-0.3, -0.25) is 9.98 Å². The zero-order valence-electron chi connectivity index (χ0n) is 23.4.